The molecule has 140 valence electrons. The van der Waals surface area contributed by atoms with Gasteiger partial charge in [0, 0.05) is 35.2 Å². The lowest BCUT2D eigenvalue weighted by molar-refractivity contribution is 0.127. The number of hydrogen-bond acceptors (Lipinski definition) is 2. The number of rotatable bonds is 4. The monoisotopic (exact) mass is 383 g/mol. The van der Waals surface area contributed by atoms with Crippen LogP contribution in [0.25, 0.3) is 10.9 Å². The van der Waals surface area contributed by atoms with Crippen molar-refractivity contribution in [2.75, 3.05) is 19.7 Å². The second kappa shape index (κ2) is 7.62. The fourth-order valence-electron chi connectivity index (χ4n) is 3.85. The third kappa shape index (κ3) is 3.53. The number of fused-ring (bicyclic) bond motifs is 2. The van der Waals surface area contributed by atoms with Gasteiger partial charge in [-0.1, -0.05) is 35.9 Å². The van der Waals surface area contributed by atoms with Gasteiger partial charge >= 0.3 is 6.03 Å². The number of nitrogens with zero attached hydrogens (tertiary/aromatic N) is 1. The van der Waals surface area contributed by atoms with Crippen molar-refractivity contribution < 1.29 is 9.90 Å². The summed E-state index contributed by atoms with van der Waals surface area (Å²) < 4.78 is 0. The number of aromatic nitrogens is 1. The Balaban J connectivity index is 1.41. The van der Waals surface area contributed by atoms with Crippen molar-refractivity contribution >= 4 is 28.5 Å². The molecular weight excluding hydrogens is 362 g/mol. The number of carbonyl (C=O) groups is 1. The number of halogens is 1. The molecule has 1 aliphatic heterocycles. The lowest BCUT2D eigenvalue weighted by atomic mass is 9.93. The molecule has 4 rings (SSSR count). The van der Waals surface area contributed by atoms with Gasteiger partial charge in [-0.25, -0.2) is 4.79 Å². The van der Waals surface area contributed by atoms with Crippen molar-refractivity contribution in [2.24, 2.45) is 0 Å². The molecule has 1 aliphatic rings. The fourth-order valence-corrected chi connectivity index (χ4v) is 4.03. The van der Waals surface area contributed by atoms with E-state index in [9.17, 15) is 9.90 Å². The molecule has 0 bridgehead atoms. The van der Waals surface area contributed by atoms with Crippen molar-refractivity contribution in [3.63, 3.8) is 0 Å². The van der Waals surface area contributed by atoms with Gasteiger partial charge in [-0.05, 0) is 47.7 Å². The Kier molecular flexibility index (Phi) is 5.05. The van der Waals surface area contributed by atoms with E-state index in [0.29, 0.717) is 24.5 Å². The first kappa shape index (κ1) is 17.9. The van der Waals surface area contributed by atoms with Gasteiger partial charge in [-0.15, -0.1) is 0 Å². The highest BCUT2D eigenvalue weighted by molar-refractivity contribution is 6.31. The number of urea groups is 1. The van der Waals surface area contributed by atoms with Gasteiger partial charge in [0.1, 0.15) is 0 Å². The summed E-state index contributed by atoms with van der Waals surface area (Å²) >= 11 is 6.09. The van der Waals surface area contributed by atoms with Crippen LogP contribution in [0.15, 0.2) is 48.7 Å². The van der Waals surface area contributed by atoms with Crippen LogP contribution < -0.4 is 5.32 Å². The second-order valence-electron chi connectivity index (χ2n) is 6.83. The minimum absolute atomic E-state index is 0.0780. The molecule has 27 heavy (non-hydrogen) atoms. The van der Waals surface area contributed by atoms with E-state index in [1.165, 1.54) is 5.56 Å². The topological polar surface area (TPSA) is 68.4 Å². The van der Waals surface area contributed by atoms with Crippen molar-refractivity contribution in [3.05, 3.63) is 70.4 Å². The molecule has 6 heteroatoms. The van der Waals surface area contributed by atoms with Crippen LogP contribution in [-0.2, 0) is 12.8 Å². The molecule has 0 aliphatic carbocycles. The molecule has 1 unspecified atom stereocenters. The average Bonchev–Trinajstić information content (AvgIpc) is 3.09. The lowest BCUT2D eigenvalue weighted by Crippen LogP contribution is -2.47. The van der Waals surface area contributed by atoms with Crippen LogP contribution in [0.2, 0.25) is 5.02 Å². The van der Waals surface area contributed by atoms with Crippen LogP contribution in [0, 0.1) is 0 Å². The van der Waals surface area contributed by atoms with Gasteiger partial charge in [-0.3, -0.25) is 0 Å². The Hall–Kier alpha value is -2.50. The summed E-state index contributed by atoms with van der Waals surface area (Å²) in [6.07, 6.45) is 3.47. The minimum atomic E-state index is -0.290. The first-order chi connectivity index (χ1) is 13.2. The normalized spacial score (nSPS) is 16.4. The van der Waals surface area contributed by atoms with E-state index < -0.39 is 0 Å². The van der Waals surface area contributed by atoms with Gasteiger partial charge in [0.2, 0.25) is 0 Å². The van der Waals surface area contributed by atoms with Crippen LogP contribution in [0.4, 0.5) is 4.79 Å². The molecule has 0 saturated heterocycles. The number of nitrogens with one attached hydrogen (secondary N) is 2. The third-order valence-corrected chi connectivity index (χ3v) is 5.48. The predicted molar refractivity (Wildman–Crippen MR) is 107 cm³/mol. The largest absolute Gasteiger partial charge is 0.394 e. The van der Waals surface area contributed by atoms with Crippen molar-refractivity contribution in [2.45, 2.75) is 18.9 Å². The Morgan fingerprint density at radius 2 is 2.15 bits per heavy atom. The number of aromatic amines is 1. The first-order valence-electron chi connectivity index (χ1n) is 9.16. The summed E-state index contributed by atoms with van der Waals surface area (Å²) in [6.45, 7) is 1.05. The summed E-state index contributed by atoms with van der Waals surface area (Å²) in [4.78, 5) is 17.7. The number of aliphatic hydroxyl groups excluding tert-OH is 1. The Labute approximate surface area is 162 Å². The Morgan fingerprint density at radius 1 is 1.30 bits per heavy atom. The van der Waals surface area contributed by atoms with Gasteiger partial charge in [0.25, 0.3) is 0 Å². The standard InChI is InChI=1S/C21H22ClN3O2/c22-16-5-6-19-18(11-16)15(12-24-19)7-9-23-21(27)25-10-8-14-3-1-2-4-17(14)20(25)13-26/h1-6,11-12,20,24,26H,7-10,13H2,(H,23,27). The van der Waals surface area contributed by atoms with Crippen molar-refractivity contribution in [1.82, 2.24) is 15.2 Å². The molecule has 1 atom stereocenters. The van der Waals surface area contributed by atoms with Gasteiger partial charge in [-0.2, -0.15) is 0 Å². The smallest absolute Gasteiger partial charge is 0.318 e. The summed E-state index contributed by atoms with van der Waals surface area (Å²) in [5, 5.41) is 14.6. The van der Waals surface area contributed by atoms with Crippen molar-refractivity contribution in [1.29, 1.82) is 0 Å². The Bertz CT molecular complexity index is 969. The molecule has 3 N–H and O–H groups in total. The molecule has 0 spiro atoms. The average molecular weight is 384 g/mol. The van der Waals surface area contributed by atoms with E-state index in [0.717, 1.165) is 28.5 Å². The molecule has 3 aromatic rings. The number of hydrogen-bond donors (Lipinski definition) is 3. The van der Waals surface area contributed by atoms with E-state index in [1.54, 1.807) is 4.90 Å². The molecule has 0 saturated carbocycles. The molecule has 2 aromatic carbocycles. The molecular formula is C21H22ClN3O2. The van der Waals surface area contributed by atoms with E-state index in [4.69, 9.17) is 11.6 Å². The van der Waals surface area contributed by atoms with E-state index in [1.807, 2.05) is 42.6 Å². The maximum absolute atomic E-state index is 12.7. The molecule has 2 heterocycles. The second-order valence-corrected chi connectivity index (χ2v) is 7.26. The molecule has 1 aromatic heterocycles. The summed E-state index contributed by atoms with van der Waals surface area (Å²) in [7, 11) is 0. The Morgan fingerprint density at radius 3 is 3.00 bits per heavy atom. The number of H-pyrrole nitrogens is 1. The highest BCUT2D eigenvalue weighted by Gasteiger charge is 2.29. The molecule has 0 radical (unpaired) electrons. The highest BCUT2D eigenvalue weighted by Crippen LogP contribution is 2.29. The number of aliphatic hydroxyl groups is 1. The number of benzene rings is 2. The minimum Gasteiger partial charge on any atom is -0.394 e. The van der Waals surface area contributed by atoms with Crippen molar-refractivity contribution in [3.8, 4) is 0 Å². The zero-order valence-corrected chi connectivity index (χ0v) is 15.7. The van der Waals surface area contributed by atoms with Gasteiger partial charge < -0.3 is 20.3 Å². The van der Waals surface area contributed by atoms with Crippen LogP contribution in [0.5, 0.6) is 0 Å². The summed E-state index contributed by atoms with van der Waals surface area (Å²) in [5.41, 5.74) is 4.40. The molecule has 5 nitrogen and oxygen atoms in total. The zero-order valence-electron chi connectivity index (χ0n) is 14.9. The van der Waals surface area contributed by atoms with Crippen LogP contribution in [0.3, 0.4) is 0 Å². The van der Waals surface area contributed by atoms with Crippen LogP contribution in [0.1, 0.15) is 22.7 Å². The van der Waals surface area contributed by atoms with Gasteiger partial charge in [0.05, 0.1) is 12.6 Å². The maximum Gasteiger partial charge on any atom is 0.318 e. The first-order valence-corrected chi connectivity index (χ1v) is 9.54. The maximum atomic E-state index is 12.7. The number of carbonyl (C=O) groups excluding carboxylic acids is 1. The van der Waals surface area contributed by atoms with Crippen LogP contribution in [-0.4, -0.2) is 40.7 Å². The SMILES string of the molecule is O=C(NCCc1c[nH]c2ccc(Cl)cc12)N1CCc2ccccc2C1CO. The lowest BCUT2D eigenvalue weighted by Gasteiger charge is -2.36. The third-order valence-electron chi connectivity index (χ3n) is 5.25. The van der Waals surface area contributed by atoms with E-state index in [2.05, 4.69) is 16.4 Å². The van der Waals surface area contributed by atoms with Crippen LogP contribution >= 0.6 is 11.6 Å². The number of amides is 2. The van der Waals surface area contributed by atoms with Gasteiger partial charge in [0.15, 0.2) is 0 Å². The highest BCUT2D eigenvalue weighted by atomic mass is 35.5. The van der Waals surface area contributed by atoms with E-state index in [-0.39, 0.29) is 18.7 Å². The fraction of sp³-hybridized carbons (Fsp3) is 0.286. The quantitative estimate of drug-likeness (QED) is 0.643. The zero-order chi connectivity index (χ0) is 18.8. The molecule has 0 fully saturated rings. The van der Waals surface area contributed by atoms with E-state index >= 15 is 0 Å². The summed E-state index contributed by atoms with van der Waals surface area (Å²) in [6, 6.07) is 13.3. The summed E-state index contributed by atoms with van der Waals surface area (Å²) in [5.74, 6) is 0. The molecule has 2 amide bonds. The predicted octanol–water partition coefficient (Wildman–Crippen LogP) is 3.67.